The van der Waals surface area contributed by atoms with Gasteiger partial charge in [0.05, 0.1) is 5.01 Å². The average molecular weight is 507 g/mol. The first-order valence-corrected chi connectivity index (χ1v) is 13.9. The first-order chi connectivity index (χ1) is 17.6. The lowest BCUT2D eigenvalue weighted by atomic mass is 9.82. The van der Waals surface area contributed by atoms with E-state index < -0.39 is 5.54 Å². The lowest BCUT2D eigenvalue weighted by molar-refractivity contribution is 0.0899. The number of likely N-dealkylation sites (tertiary alicyclic amines) is 1. The van der Waals surface area contributed by atoms with E-state index in [2.05, 4.69) is 26.1 Å². The normalized spacial score (nSPS) is 20.6. The smallest absolute Gasteiger partial charge is 0.320 e. The molecule has 2 aromatic heterocycles. The molecule has 0 unspecified atom stereocenters. The number of anilines is 1. The quantitative estimate of drug-likeness (QED) is 0.639. The fourth-order valence-electron chi connectivity index (χ4n) is 5.51. The third-order valence-corrected chi connectivity index (χ3v) is 8.74. The van der Waals surface area contributed by atoms with Crippen molar-refractivity contribution in [1.82, 2.24) is 25.1 Å². The molecule has 4 heterocycles. The Morgan fingerprint density at radius 1 is 1.03 bits per heavy atom. The maximum atomic E-state index is 13.1. The maximum absolute atomic E-state index is 13.1. The lowest BCUT2D eigenvalue weighted by Crippen LogP contribution is -2.54. The molecule has 0 radical (unpaired) electrons. The molecule has 2 saturated heterocycles. The molecule has 1 aliphatic carbocycles. The molecule has 3 amide bonds. The van der Waals surface area contributed by atoms with E-state index in [-0.39, 0.29) is 17.9 Å². The van der Waals surface area contributed by atoms with Crippen molar-refractivity contribution in [2.24, 2.45) is 0 Å². The highest BCUT2D eigenvalue weighted by molar-refractivity contribution is 7.09. The van der Waals surface area contributed by atoms with Gasteiger partial charge in [0, 0.05) is 56.8 Å². The van der Waals surface area contributed by atoms with Gasteiger partial charge < -0.3 is 20.0 Å². The molecule has 0 atom stereocenters. The first-order valence-electron chi connectivity index (χ1n) is 13.0. The summed E-state index contributed by atoms with van der Waals surface area (Å²) < 4.78 is 0. The number of piperazine rings is 1. The van der Waals surface area contributed by atoms with Gasteiger partial charge in [-0.2, -0.15) is 0 Å². The molecule has 1 saturated carbocycles. The summed E-state index contributed by atoms with van der Waals surface area (Å²) in [6, 6.07) is 6.05. The van der Waals surface area contributed by atoms with Gasteiger partial charge in [-0.25, -0.2) is 14.8 Å². The number of pyridine rings is 1. The number of hydrogen-bond acceptors (Lipinski definition) is 6. The van der Waals surface area contributed by atoms with E-state index in [4.69, 9.17) is 6.42 Å². The molecular weight excluding hydrogens is 472 g/mol. The minimum atomic E-state index is -0.534. The molecule has 0 spiro atoms. The molecule has 1 N–H and O–H groups in total. The maximum Gasteiger partial charge on any atom is 0.320 e. The number of carbonyl (C=O) groups is 2. The van der Waals surface area contributed by atoms with E-state index in [1.165, 1.54) is 17.8 Å². The van der Waals surface area contributed by atoms with Crippen LogP contribution in [-0.2, 0) is 0 Å². The number of aromatic nitrogens is 2. The summed E-state index contributed by atoms with van der Waals surface area (Å²) in [5.74, 6) is 3.91. The lowest BCUT2D eigenvalue weighted by Gasteiger charge is -2.39. The molecule has 9 heteroatoms. The molecule has 0 aromatic carbocycles. The molecule has 3 fully saturated rings. The summed E-state index contributed by atoms with van der Waals surface area (Å²) in [4.78, 5) is 41.2. The van der Waals surface area contributed by atoms with Crippen molar-refractivity contribution in [1.29, 1.82) is 0 Å². The Balaban J connectivity index is 1.11. The van der Waals surface area contributed by atoms with Gasteiger partial charge in [-0.3, -0.25) is 4.79 Å². The SMILES string of the molecule is C#CC1(NC(=O)c2csc(C3CCN(C(=O)N4CCN(c5ccccn5)CC4)CC3)n2)CCCCC1. The number of rotatable bonds is 4. The number of hydrogen-bond donors (Lipinski definition) is 1. The van der Waals surface area contributed by atoms with E-state index in [0.717, 1.165) is 62.4 Å². The summed E-state index contributed by atoms with van der Waals surface area (Å²) in [5.41, 5.74) is -0.0760. The second-order valence-electron chi connectivity index (χ2n) is 10.0. The highest BCUT2D eigenvalue weighted by Gasteiger charge is 2.33. The zero-order valence-corrected chi connectivity index (χ0v) is 21.5. The van der Waals surface area contributed by atoms with Crippen molar-refractivity contribution >= 4 is 29.1 Å². The van der Waals surface area contributed by atoms with Gasteiger partial charge in [-0.15, -0.1) is 17.8 Å². The van der Waals surface area contributed by atoms with Crippen LogP contribution in [0.25, 0.3) is 0 Å². The third kappa shape index (κ3) is 5.34. The predicted octanol–water partition coefficient (Wildman–Crippen LogP) is 3.73. The Bertz CT molecular complexity index is 1090. The van der Waals surface area contributed by atoms with E-state index in [0.29, 0.717) is 31.9 Å². The molecule has 190 valence electrons. The van der Waals surface area contributed by atoms with Crippen molar-refractivity contribution < 1.29 is 9.59 Å². The molecule has 0 bridgehead atoms. The summed E-state index contributed by atoms with van der Waals surface area (Å²) in [6.07, 6.45) is 14.2. The van der Waals surface area contributed by atoms with Crippen LogP contribution in [0.2, 0.25) is 0 Å². The number of urea groups is 1. The molecule has 3 aliphatic rings. The van der Waals surface area contributed by atoms with Gasteiger partial charge in [0.15, 0.2) is 0 Å². The fraction of sp³-hybridized carbons (Fsp3) is 0.556. The van der Waals surface area contributed by atoms with Crippen molar-refractivity contribution in [2.45, 2.75) is 56.4 Å². The monoisotopic (exact) mass is 506 g/mol. The van der Waals surface area contributed by atoms with Gasteiger partial charge in [0.25, 0.3) is 5.91 Å². The number of piperidine rings is 1. The number of nitrogens with one attached hydrogen (secondary N) is 1. The number of thiazole rings is 1. The van der Waals surface area contributed by atoms with Crippen molar-refractivity contribution in [2.75, 3.05) is 44.2 Å². The highest BCUT2D eigenvalue weighted by atomic mass is 32.1. The standard InChI is InChI=1S/C27H34N6O2S/c1-2-27(11-5-3-6-12-27)30-24(34)22-20-36-25(29-22)21-9-14-32(15-10-21)26(35)33-18-16-31(17-19-33)23-8-4-7-13-28-23/h1,4,7-8,13,20-21H,3,5-6,9-12,14-19H2,(H,30,34). The molecule has 2 aromatic rings. The largest absolute Gasteiger partial charge is 0.353 e. The van der Waals surface area contributed by atoms with Crippen LogP contribution in [0.1, 0.15) is 66.4 Å². The zero-order chi connectivity index (χ0) is 25.0. The van der Waals surface area contributed by atoms with E-state index in [1.807, 2.05) is 33.4 Å². The van der Waals surface area contributed by atoms with Crippen LogP contribution in [0.15, 0.2) is 29.8 Å². The minimum absolute atomic E-state index is 0.125. The van der Waals surface area contributed by atoms with Crippen molar-refractivity contribution in [3.63, 3.8) is 0 Å². The zero-order valence-electron chi connectivity index (χ0n) is 20.7. The summed E-state index contributed by atoms with van der Waals surface area (Å²) >= 11 is 1.54. The summed E-state index contributed by atoms with van der Waals surface area (Å²) in [6.45, 7) is 4.43. The Kier molecular flexibility index (Phi) is 7.42. The second kappa shape index (κ2) is 10.9. The van der Waals surface area contributed by atoms with E-state index in [9.17, 15) is 9.59 Å². The topological polar surface area (TPSA) is 81.7 Å². The first kappa shape index (κ1) is 24.6. The van der Waals surface area contributed by atoms with Crippen LogP contribution < -0.4 is 10.2 Å². The van der Waals surface area contributed by atoms with Gasteiger partial charge in [0.1, 0.15) is 17.1 Å². The molecule has 8 nitrogen and oxygen atoms in total. The average Bonchev–Trinajstić information content (AvgIpc) is 3.45. The Hall–Kier alpha value is -3.12. The van der Waals surface area contributed by atoms with Gasteiger partial charge in [0.2, 0.25) is 0 Å². The van der Waals surface area contributed by atoms with Crippen molar-refractivity contribution in [3.8, 4) is 12.3 Å². The number of amides is 3. The van der Waals surface area contributed by atoms with Crippen LogP contribution in [0.4, 0.5) is 10.6 Å². The van der Waals surface area contributed by atoms with Crippen LogP contribution in [-0.4, -0.2) is 76.5 Å². The van der Waals surface area contributed by atoms with Crippen LogP contribution >= 0.6 is 11.3 Å². The van der Waals surface area contributed by atoms with E-state index in [1.54, 1.807) is 6.20 Å². The van der Waals surface area contributed by atoms with Crippen LogP contribution in [0, 0.1) is 12.3 Å². The molecule has 36 heavy (non-hydrogen) atoms. The molecular formula is C27H34N6O2S. The predicted molar refractivity (Wildman–Crippen MR) is 141 cm³/mol. The Labute approximate surface area is 217 Å². The van der Waals surface area contributed by atoms with Gasteiger partial charge in [-0.1, -0.05) is 31.2 Å². The van der Waals surface area contributed by atoms with Crippen LogP contribution in [0.5, 0.6) is 0 Å². The second-order valence-corrected chi connectivity index (χ2v) is 10.9. The van der Waals surface area contributed by atoms with Crippen LogP contribution in [0.3, 0.4) is 0 Å². The number of terminal acetylenes is 1. The number of nitrogens with zero attached hydrogens (tertiary/aromatic N) is 5. The number of carbonyl (C=O) groups excluding carboxylic acids is 2. The highest BCUT2D eigenvalue weighted by Crippen LogP contribution is 2.32. The summed E-state index contributed by atoms with van der Waals surface area (Å²) in [7, 11) is 0. The molecule has 2 aliphatic heterocycles. The van der Waals surface area contributed by atoms with Crippen molar-refractivity contribution in [3.05, 3.63) is 40.5 Å². The Morgan fingerprint density at radius 2 is 1.75 bits per heavy atom. The van der Waals surface area contributed by atoms with Gasteiger partial charge >= 0.3 is 6.03 Å². The third-order valence-electron chi connectivity index (χ3n) is 7.73. The van der Waals surface area contributed by atoms with E-state index >= 15 is 0 Å². The fourth-order valence-corrected chi connectivity index (χ4v) is 6.48. The molecule has 5 rings (SSSR count). The Morgan fingerprint density at radius 3 is 2.42 bits per heavy atom. The van der Waals surface area contributed by atoms with Gasteiger partial charge in [-0.05, 0) is 37.8 Å². The summed E-state index contributed by atoms with van der Waals surface area (Å²) in [5, 5.41) is 5.91. The minimum Gasteiger partial charge on any atom is -0.353 e.